The smallest absolute Gasteiger partial charge is 0.129 e. The summed E-state index contributed by atoms with van der Waals surface area (Å²) in [7, 11) is 1.95. The summed E-state index contributed by atoms with van der Waals surface area (Å²) in [6.07, 6.45) is 7.84. The first kappa shape index (κ1) is 13.2. The fourth-order valence-electron chi connectivity index (χ4n) is 3.30. The van der Waals surface area contributed by atoms with Gasteiger partial charge in [-0.1, -0.05) is 56.0 Å². The van der Waals surface area contributed by atoms with Gasteiger partial charge in [0.15, 0.2) is 0 Å². The van der Waals surface area contributed by atoms with Crippen molar-refractivity contribution in [3.63, 3.8) is 0 Å². The molecule has 3 heteroatoms. The van der Waals surface area contributed by atoms with Crippen molar-refractivity contribution in [1.82, 2.24) is 9.78 Å². The predicted octanol–water partition coefficient (Wildman–Crippen LogP) is 4.11. The van der Waals surface area contributed by atoms with Crippen LogP contribution in [-0.2, 0) is 7.05 Å². The molecule has 1 fully saturated rings. The van der Waals surface area contributed by atoms with Crippen LogP contribution in [0.15, 0.2) is 30.3 Å². The maximum Gasteiger partial charge on any atom is 0.129 e. The Morgan fingerprint density at radius 3 is 2.35 bits per heavy atom. The molecule has 1 aliphatic carbocycles. The standard InChI is InChI=1S/C17H23N3/c1-20-17(18)15(13-9-7-4-8-10-13)16(19-20)14-11-5-2-3-6-12-14/h4,7-10,14H,2-3,5-6,11-12,18H2,1H3. The van der Waals surface area contributed by atoms with Gasteiger partial charge in [0.2, 0.25) is 0 Å². The van der Waals surface area contributed by atoms with E-state index < -0.39 is 0 Å². The summed E-state index contributed by atoms with van der Waals surface area (Å²) in [6, 6.07) is 10.4. The molecule has 0 radical (unpaired) electrons. The Hall–Kier alpha value is -1.77. The summed E-state index contributed by atoms with van der Waals surface area (Å²) in [5.74, 6) is 1.35. The number of nitrogens with two attached hydrogens (primary N) is 1. The summed E-state index contributed by atoms with van der Waals surface area (Å²) in [5.41, 5.74) is 9.83. The first-order valence-electron chi connectivity index (χ1n) is 7.65. The molecule has 106 valence electrons. The van der Waals surface area contributed by atoms with E-state index in [1.807, 2.05) is 17.8 Å². The van der Waals surface area contributed by atoms with Gasteiger partial charge in [0.05, 0.1) is 5.69 Å². The van der Waals surface area contributed by atoms with Crippen LogP contribution in [0.4, 0.5) is 5.82 Å². The minimum atomic E-state index is 0.566. The van der Waals surface area contributed by atoms with Crippen molar-refractivity contribution >= 4 is 5.82 Å². The zero-order valence-corrected chi connectivity index (χ0v) is 12.2. The molecule has 0 spiro atoms. The summed E-state index contributed by atoms with van der Waals surface area (Å²) in [6.45, 7) is 0. The van der Waals surface area contributed by atoms with Gasteiger partial charge in [-0.2, -0.15) is 5.10 Å². The molecule has 0 saturated heterocycles. The van der Waals surface area contributed by atoms with E-state index in [9.17, 15) is 0 Å². The Balaban J connectivity index is 2.04. The van der Waals surface area contributed by atoms with E-state index in [2.05, 4.69) is 24.3 Å². The third kappa shape index (κ3) is 2.45. The van der Waals surface area contributed by atoms with Crippen molar-refractivity contribution in [2.45, 2.75) is 44.4 Å². The molecule has 20 heavy (non-hydrogen) atoms. The summed E-state index contributed by atoms with van der Waals surface area (Å²) >= 11 is 0. The quantitative estimate of drug-likeness (QED) is 0.834. The van der Waals surface area contributed by atoms with Crippen LogP contribution in [0.5, 0.6) is 0 Å². The average molecular weight is 269 g/mol. The zero-order chi connectivity index (χ0) is 13.9. The molecule has 0 aliphatic heterocycles. The Bertz CT molecular complexity index is 563. The molecule has 0 unspecified atom stereocenters. The molecule has 3 nitrogen and oxygen atoms in total. The Morgan fingerprint density at radius 2 is 1.70 bits per heavy atom. The number of hydrogen-bond acceptors (Lipinski definition) is 2. The Labute approximate surface area is 120 Å². The number of aromatic nitrogens is 2. The minimum absolute atomic E-state index is 0.566. The second-order valence-electron chi connectivity index (χ2n) is 5.82. The highest BCUT2D eigenvalue weighted by Gasteiger charge is 2.24. The lowest BCUT2D eigenvalue weighted by Crippen LogP contribution is -2.01. The van der Waals surface area contributed by atoms with Crippen molar-refractivity contribution in [2.24, 2.45) is 7.05 Å². The van der Waals surface area contributed by atoms with Crippen LogP contribution in [0.2, 0.25) is 0 Å². The number of rotatable bonds is 2. The van der Waals surface area contributed by atoms with E-state index in [0.29, 0.717) is 5.92 Å². The van der Waals surface area contributed by atoms with Gasteiger partial charge in [0, 0.05) is 18.5 Å². The zero-order valence-electron chi connectivity index (χ0n) is 12.2. The van der Waals surface area contributed by atoms with Crippen LogP contribution in [0.1, 0.15) is 50.1 Å². The number of anilines is 1. The second-order valence-corrected chi connectivity index (χ2v) is 5.82. The van der Waals surface area contributed by atoms with Gasteiger partial charge in [-0.3, -0.25) is 4.68 Å². The monoisotopic (exact) mass is 269 g/mol. The van der Waals surface area contributed by atoms with E-state index >= 15 is 0 Å². The Kier molecular flexibility index (Phi) is 3.77. The van der Waals surface area contributed by atoms with Crippen LogP contribution in [0.25, 0.3) is 11.1 Å². The minimum Gasteiger partial charge on any atom is -0.383 e. The third-order valence-corrected chi connectivity index (χ3v) is 4.42. The number of benzene rings is 1. The molecule has 1 aromatic carbocycles. The number of hydrogen-bond donors (Lipinski definition) is 1. The normalized spacial score (nSPS) is 17.1. The molecule has 3 rings (SSSR count). The maximum atomic E-state index is 6.28. The van der Waals surface area contributed by atoms with Gasteiger partial charge in [-0.25, -0.2) is 0 Å². The summed E-state index contributed by atoms with van der Waals surface area (Å²) < 4.78 is 1.84. The molecule has 1 aliphatic rings. The molecular weight excluding hydrogens is 246 g/mol. The second kappa shape index (κ2) is 5.70. The highest BCUT2D eigenvalue weighted by Crippen LogP contribution is 2.39. The molecule has 0 bridgehead atoms. The molecule has 1 heterocycles. The van der Waals surface area contributed by atoms with E-state index in [1.54, 1.807) is 0 Å². The third-order valence-electron chi connectivity index (χ3n) is 4.42. The SMILES string of the molecule is Cn1nc(C2CCCCCC2)c(-c2ccccc2)c1N. The van der Waals surface area contributed by atoms with Gasteiger partial charge in [-0.15, -0.1) is 0 Å². The van der Waals surface area contributed by atoms with Gasteiger partial charge in [0.1, 0.15) is 5.82 Å². The fraction of sp³-hybridized carbons (Fsp3) is 0.471. The molecule has 1 saturated carbocycles. The molecule has 2 N–H and O–H groups in total. The summed E-state index contributed by atoms with van der Waals surface area (Å²) in [4.78, 5) is 0. The van der Waals surface area contributed by atoms with Crippen molar-refractivity contribution in [1.29, 1.82) is 0 Å². The van der Waals surface area contributed by atoms with E-state index in [1.165, 1.54) is 49.8 Å². The van der Waals surface area contributed by atoms with Gasteiger partial charge >= 0.3 is 0 Å². The largest absolute Gasteiger partial charge is 0.383 e. The first-order valence-corrected chi connectivity index (χ1v) is 7.65. The van der Waals surface area contributed by atoms with Crippen molar-refractivity contribution in [3.05, 3.63) is 36.0 Å². The molecule has 0 amide bonds. The fourth-order valence-corrected chi connectivity index (χ4v) is 3.30. The lowest BCUT2D eigenvalue weighted by Gasteiger charge is -2.13. The molecule has 1 aromatic heterocycles. The van der Waals surface area contributed by atoms with E-state index in [4.69, 9.17) is 10.8 Å². The van der Waals surface area contributed by atoms with Crippen molar-refractivity contribution in [3.8, 4) is 11.1 Å². The van der Waals surface area contributed by atoms with E-state index in [0.717, 1.165) is 11.4 Å². The number of nitrogen functional groups attached to an aromatic ring is 1. The highest BCUT2D eigenvalue weighted by molar-refractivity contribution is 5.77. The first-order chi connectivity index (χ1) is 9.77. The summed E-state index contributed by atoms with van der Waals surface area (Å²) in [5, 5.41) is 4.74. The molecular formula is C17H23N3. The van der Waals surface area contributed by atoms with Gasteiger partial charge in [0.25, 0.3) is 0 Å². The maximum absolute atomic E-state index is 6.28. The van der Waals surface area contributed by atoms with Crippen LogP contribution in [0, 0.1) is 0 Å². The van der Waals surface area contributed by atoms with Crippen molar-refractivity contribution < 1.29 is 0 Å². The predicted molar refractivity (Wildman–Crippen MR) is 83.5 cm³/mol. The topological polar surface area (TPSA) is 43.8 Å². The highest BCUT2D eigenvalue weighted by atomic mass is 15.3. The number of aryl methyl sites for hydroxylation is 1. The Morgan fingerprint density at radius 1 is 1.05 bits per heavy atom. The molecule has 2 aromatic rings. The van der Waals surface area contributed by atoms with Crippen LogP contribution in [-0.4, -0.2) is 9.78 Å². The van der Waals surface area contributed by atoms with Crippen LogP contribution in [0.3, 0.4) is 0 Å². The average Bonchev–Trinajstić information content (AvgIpc) is 2.68. The lowest BCUT2D eigenvalue weighted by atomic mass is 9.91. The van der Waals surface area contributed by atoms with E-state index in [-0.39, 0.29) is 0 Å². The lowest BCUT2D eigenvalue weighted by molar-refractivity contribution is 0.567. The molecule has 0 atom stereocenters. The van der Waals surface area contributed by atoms with Crippen LogP contribution < -0.4 is 5.73 Å². The van der Waals surface area contributed by atoms with Gasteiger partial charge < -0.3 is 5.73 Å². The number of nitrogens with zero attached hydrogens (tertiary/aromatic N) is 2. The van der Waals surface area contributed by atoms with Crippen LogP contribution >= 0.6 is 0 Å². The van der Waals surface area contributed by atoms with Crippen molar-refractivity contribution in [2.75, 3.05) is 5.73 Å². The van der Waals surface area contributed by atoms with Gasteiger partial charge in [-0.05, 0) is 18.4 Å².